The van der Waals surface area contributed by atoms with E-state index < -0.39 is 23.7 Å². The molecular weight excluding hydrogens is 543 g/mol. The first kappa shape index (κ1) is 19.0. The summed E-state index contributed by atoms with van der Waals surface area (Å²) < 4.78 is 20.5. The van der Waals surface area contributed by atoms with Crippen LogP contribution in [0.25, 0.3) is 0 Å². The second-order valence-corrected chi connectivity index (χ2v) is 7.28. The normalized spacial score (nSPS) is 11.8. The fraction of sp³-hybridized carbons (Fsp3) is 0.188. The van der Waals surface area contributed by atoms with Crippen molar-refractivity contribution in [2.75, 3.05) is 0 Å². The predicted octanol–water partition coefficient (Wildman–Crippen LogP) is 3.01. The molecule has 0 aliphatic carbocycles. The number of hydrogen-bond acceptors (Lipinski definition) is 4. The molecule has 1 aromatic carbocycles. The first-order valence-corrected chi connectivity index (χ1v) is 8.98. The zero-order valence-electron chi connectivity index (χ0n) is 12.5. The largest absolute Gasteiger partial charge is 0.453 e. The summed E-state index contributed by atoms with van der Waals surface area (Å²) in [6.07, 6.45) is 2.10. The maximum atomic E-state index is 12.9. The van der Waals surface area contributed by atoms with Crippen LogP contribution in [0.5, 0.6) is 0 Å². The molecule has 0 aliphatic rings. The number of pyridine rings is 1. The fourth-order valence-corrected chi connectivity index (χ4v) is 3.75. The lowest BCUT2D eigenvalue weighted by atomic mass is 10.1. The van der Waals surface area contributed by atoms with E-state index in [1.807, 2.05) is 45.2 Å². The van der Waals surface area contributed by atoms with Crippen molar-refractivity contribution in [1.29, 1.82) is 0 Å². The maximum Gasteiger partial charge on any atom is 0.326 e. The highest BCUT2D eigenvalue weighted by molar-refractivity contribution is 14.1. The monoisotopic (exact) mass is 555 g/mol. The minimum Gasteiger partial charge on any atom is -0.453 e. The summed E-state index contributed by atoms with van der Waals surface area (Å²) in [7, 11) is 0. The van der Waals surface area contributed by atoms with Crippen LogP contribution in [-0.4, -0.2) is 22.4 Å². The topological polar surface area (TPSA) is 65.4 Å². The summed E-state index contributed by atoms with van der Waals surface area (Å²) in [5.74, 6) is -1.46. The Hall–Kier alpha value is -1.30. The molecule has 0 saturated carbocycles. The van der Waals surface area contributed by atoms with Gasteiger partial charge in [0.1, 0.15) is 12.4 Å². The van der Waals surface area contributed by atoms with Crippen molar-refractivity contribution in [2.45, 2.75) is 19.6 Å². The lowest BCUT2D eigenvalue weighted by molar-refractivity contribution is -0.147. The Morgan fingerprint density at radius 3 is 2.25 bits per heavy atom. The highest BCUT2D eigenvalue weighted by Gasteiger charge is 2.19. The second-order valence-electron chi connectivity index (χ2n) is 4.96. The van der Waals surface area contributed by atoms with E-state index in [-0.39, 0.29) is 17.5 Å². The number of benzene rings is 1. The van der Waals surface area contributed by atoms with Gasteiger partial charge in [-0.3, -0.25) is 14.4 Å². The van der Waals surface area contributed by atoms with Gasteiger partial charge in [-0.2, -0.15) is 0 Å². The van der Waals surface area contributed by atoms with E-state index in [0.29, 0.717) is 7.14 Å². The minimum atomic E-state index is -0.986. The summed E-state index contributed by atoms with van der Waals surface area (Å²) in [5.41, 5.74) is 0.171. The zero-order valence-corrected chi connectivity index (χ0v) is 16.8. The van der Waals surface area contributed by atoms with Gasteiger partial charge in [-0.25, -0.2) is 4.39 Å². The number of ether oxygens (including phenoxy) is 1. The zero-order chi connectivity index (χ0) is 17.9. The van der Waals surface area contributed by atoms with Crippen molar-refractivity contribution in [3.8, 4) is 0 Å². The third kappa shape index (κ3) is 4.85. The van der Waals surface area contributed by atoms with Crippen molar-refractivity contribution in [1.82, 2.24) is 4.57 Å². The molecule has 1 unspecified atom stereocenters. The highest BCUT2D eigenvalue weighted by atomic mass is 127. The van der Waals surface area contributed by atoms with Crippen molar-refractivity contribution < 1.29 is 18.7 Å². The molecule has 2 rings (SSSR count). The Labute approximate surface area is 164 Å². The molecule has 0 amide bonds. The number of ketones is 1. The summed E-state index contributed by atoms with van der Waals surface area (Å²) in [6.45, 7) is 1.34. The molecule has 0 saturated heterocycles. The first-order chi connectivity index (χ1) is 11.3. The smallest absolute Gasteiger partial charge is 0.326 e. The van der Waals surface area contributed by atoms with Crippen molar-refractivity contribution in [3.63, 3.8) is 0 Å². The molecule has 0 N–H and O–H groups in total. The standard InChI is InChI=1S/C16H12FI2NO4/c1-9(15(22)10-2-4-11(17)5-3-10)24-14(21)8-20-6-12(18)16(23)13(19)7-20/h2-7,9H,8H2,1H3. The van der Waals surface area contributed by atoms with Crippen LogP contribution in [0.3, 0.4) is 0 Å². The second kappa shape index (κ2) is 8.19. The summed E-state index contributed by atoms with van der Waals surface area (Å²) in [4.78, 5) is 35.8. The van der Waals surface area contributed by atoms with E-state index in [1.54, 1.807) is 12.4 Å². The molecule has 126 valence electrons. The van der Waals surface area contributed by atoms with Crippen LogP contribution in [0.4, 0.5) is 4.39 Å². The van der Waals surface area contributed by atoms with Crippen LogP contribution in [0.2, 0.25) is 0 Å². The quantitative estimate of drug-likeness (QED) is 0.324. The molecule has 0 radical (unpaired) electrons. The third-order valence-electron chi connectivity index (χ3n) is 3.11. The third-order valence-corrected chi connectivity index (χ3v) is 4.65. The highest BCUT2D eigenvalue weighted by Crippen LogP contribution is 2.09. The van der Waals surface area contributed by atoms with Crippen molar-refractivity contribution in [2.24, 2.45) is 0 Å². The Kier molecular flexibility index (Phi) is 6.49. The summed E-state index contributed by atoms with van der Waals surface area (Å²) in [5, 5.41) is 0. The van der Waals surface area contributed by atoms with E-state index in [0.717, 1.165) is 0 Å². The van der Waals surface area contributed by atoms with Gasteiger partial charge >= 0.3 is 5.97 Å². The summed E-state index contributed by atoms with van der Waals surface area (Å²) in [6, 6.07) is 5.03. The summed E-state index contributed by atoms with van der Waals surface area (Å²) >= 11 is 3.79. The van der Waals surface area contributed by atoms with Gasteiger partial charge in [0.05, 0.1) is 7.14 Å². The number of carbonyl (C=O) groups is 2. The number of hydrogen-bond donors (Lipinski definition) is 0. The van der Waals surface area contributed by atoms with Crippen LogP contribution in [0.1, 0.15) is 17.3 Å². The van der Waals surface area contributed by atoms with Gasteiger partial charge in [0.15, 0.2) is 6.10 Å². The molecule has 1 heterocycles. The van der Waals surface area contributed by atoms with Crippen LogP contribution >= 0.6 is 45.2 Å². The van der Waals surface area contributed by atoms with E-state index >= 15 is 0 Å². The number of halogens is 3. The molecular formula is C16H12FI2NO4. The maximum absolute atomic E-state index is 12.9. The molecule has 0 spiro atoms. The van der Waals surface area contributed by atoms with Crippen LogP contribution in [0, 0.1) is 13.0 Å². The number of nitrogens with zero attached hydrogens (tertiary/aromatic N) is 1. The van der Waals surface area contributed by atoms with Gasteiger partial charge in [0.2, 0.25) is 11.2 Å². The fourth-order valence-electron chi connectivity index (χ4n) is 1.94. The predicted molar refractivity (Wildman–Crippen MR) is 102 cm³/mol. The Bertz CT molecular complexity index is 807. The number of rotatable bonds is 5. The Balaban J connectivity index is 2.02. The SMILES string of the molecule is CC(OC(=O)Cn1cc(I)c(=O)c(I)c1)C(=O)c1ccc(F)cc1. The van der Waals surface area contributed by atoms with E-state index in [9.17, 15) is 18.8 Å². The lowest BCUT2D eigenvalue weighted by Crippen LogP contribution is -2.27. The number of esters is 1. The van der Waals surface area contributed by atoms with Crippen LogP contribution in [0.15, 0.2) is 41.5 Å². The molecule has 2 aromatic rings. The van der Waals surface area contributed by atoms with Gasteiger partial charge in [0, 0.05) is 18.0 Å². The van der Waals surface area contributed by atoms with Gasteiger partial charge in [-0.1, -0.05) is 0 Å². The average Bonchev–Trinajstić information content (AvgIpc) is 2.52. The van der Waals surface area contributed by atoms with Crippen molar-refractivity contribution in [3.05, 3.63) is 65.4 Å². The Morgan fingerprint density at radius 1 is 1.17 bits per heavy atom. The average molecular weight is 555 g/mol. The Morgan fingerprint density at radius 2 is 1.71 bits per heavy atom. The lowest BCUT2D eigenvalue weighted by Gasteiger charge is -2.13. The van der Waals surface area contributed by atoms with Crippen LogP contribution in [-0.2, 0) is 16.1 Å². The van der Waals surface area contributed by atoms with E-state index in [1.165, 1.54) is 35.8 Å². The molecule has 1 atom stereocenters. The van der Waals surface area contributed by atoms with E-state index in [4.69, 9.17) is 4.74 Å². The number of Topliss-reactive ketones (excluding diaryl/α,β-unsaturated/α-hetero) is 1. The number of aromatic nitrogens is 1. The molecule has 0 aliphatic heterocycles. The first-order valence-electron chi connectivity index (χ1n) is 6.82. The molecule has 24 heavy (non-hydrogen) atoms. The van der Waals surface area contributed by atoms with Crippen LogP contribution < -0.4 is 5.43 Å². The van der Waals surface area contributed by atoms with E-state index in [2.05, 4.69) is 0 Å². The minimum absolute atomic E-state index is 0.0966. The molecule has 0 bridgehead atoms. The van der Waals surface area contributed by atoms with Gasteiger partial charge < -0.3 is 9.30 Å². The van der Waals surface area contributed by atoms with Gasteiger partial charge in [0.25, 0.3) is 0 Å². The molecule has 0 fully saturated rings. The number of carbonyl (C=O) groups excluding carboxylic acids is 2. The molecule has 1 aromatic heterocycles. The molecule has 8 heteroatoms. The molecule has 5 nitrogen and oxygen atoms in total. The van der Waals surface area contributed by atoms with Gasteiger partial charge in [-0.05, 0) is 76.4 Å². The van der Waals surface area contributed by atoms with Gasteiger partial charge in [-0.15, -0.1) is 0 Å². The van der Waals surface area contributed by atoms with Crippen molar-refractivity contribution >= 4 is 56.9 Å².